The number of rotatable bonds is 10. The second-order valence-corrected chi connectivity index (χ2v) is 6.67. The molecule has 3 unspecified atom stereocenters. The van der Waals surface area contributed by atoms with Crippen molar-refractivity contribution in [3.05, 3.63) is 0 Å². The number of hydrogen-bond donors (Lipinski definition) is 1. The highest BCUT2D eigenvalue weighted by atomic mass is 15.2. The van der Waals surface area contributed by atoms with Gasteiger partial charge in [0.15, 0.2) is 0 Å². The minimum Gasteiger partial charge on any atom is -0.315 e. The van der Waals surface area contributed by atoms with Gasteiger partial charge in [-0.25, -0.2) is 0 Å². The Kier molecular flexibility index (Phi) is 9.54. The summed E-state index contributed by atoms with van der Waals surface area (Å²) in [4.78, 5) is 2.82. The standard InChI is InChI=1S/C18H38N2/c1-5-8-13-20(14-9-6-2)18-15-16(10-7-3)11-12-17(18)19-4/h16-19H,5-15H2,1-4H3. The van der Waals surface area contributed by atoms with E-state index in [1.165, 1.54) is 70.9 Å². The Labute approximate surface area is 127 Å². The van der Waals surface area contributed by atoms with Crippen LogP contribution in [0.4, 0.5) is 0 Å². The van der Waals surface area contributed by atoms with Gasteiger partial charge in [0, 0.05) is 12.1 Å². The highest BCUT2D eigenvalue weighted by Gasteiger charge is 2.32. The predicted molar refractivity (Wildman–Crippen MR) is 90.3 cm³/mol. The number of unbranched alkanes of at least 4 members (excludes halogenated alkanes) is 2. The summed E-state index contributed by atoms with van der Waals surface area (Å²) in [7, 11) is 2.16. The van der Waals surface area contributed by atoms with Crippen molar-refractivity contribution in [2.75, 3.05) is 20.1 Å². The molecule has 120 valence electrons. The van der Waals surface area contributed by atoms with E-state index in [1.54, 1.807) is 0 Å². The molecule has 0 spiro atoms. The van der Waals surface area contributed by atoms with Gasteiger partial charge in [-0.1, -0.05) is 46.5 Å². The van der Waals surface area contributed by atoms with Crippen LogP contribution < -0.4 is 5.32 Å². The summed E-state index contributed by atoms with van der Waals surface area (Å²) in [5, 5.41) is 3.61. The van der Waals surface area contributed by atoms with Gasteiger partial charge >= 0.3 is 0 Å². The topological polar surface area (TPSA) is 15.3 Å². The third-order valence-electron chi connectivity index (χ3n) is 5.06. The van der Waals surface area contributed by atoms with E-state index in [4.69, 9.17) is 0 Å². The Morgan fingerprint density at radius 2 is 1.60 bits per heavy atom. The van der Waals surface area contributed by atoms with E-state index in [1.807, 2.05) is 0 Å². The molecule has 1 aliphatic rings. The first-order valence-corrected chi connectivity index (χ1v) is 9.18. The fourth-order valence-electron chi connectivity index (χ4n) is 3.81. The van der Waals surface area contributed by atoms with Crippen molar-refractivity contribution >= 4 is 0 Å². The highest BCUT2D eigenvalue weighted by molar-refractivity contribution is 4.90. The van der Waals surface area contributed by atoms with Crippen molar-refractivity contribution < 1.29 is 0 Å². The van der Waals surface area contributed by atoms with E-state index < -0.39 is 0 Å². The summed E-state index contributed by atoms with van der Waals surface area (Å²) >= 11 is 0. The van der Waals surface area contributed by atoms with Gasteiger partial charge in [0.25, 0.3) is 0 Å². The van der Waals surface area contributed by atoms with Crippen LogP contribution in [0.25, 0.3) is 0 Å². The largest absolute Gasteiger partial charge is 0.315 e. The zero-order valence-electron chi connectivity index (χ0n) is 14.5. The predicted octanol–water partition coefficient (Wildman–Crippen LogP) is 4.45. The van der Waals surface area contributed by atoms with Gasteiger partial charge in [-0.2, -0.15) is 0 Å². The lowest BCUT2D eigenvalue weighted by molar-refractivity contribution is 0.0938. The molecule has 2 heteroatoms. The molecule has 0 aromatic heterocycles. The lowest BCUT2D eigenvalue weighted by atomic mass is 9.79. The molecule has 1 N–H and O–H groups in total. The SMILES string of the molecule is CCCCN(CCCC)C1CC(CCC)CCC1NC. The molecule has 0 bridgehead atoms. The molecule has 0 aliphatic heterocycles. The molecule has 20 heavy (non-hydrogen) atoms. The normalized spacial score (nSPS) is 27.1. The van der Waals surface area contributed by atoms with Crippen LogP contribution in [-0.4, -0.2) is 37.1 Å². The van der Waals surface area contributed by atoms with Crippen LogP contribution in [-0.2, 0) is 0 Å². The van der Waals surface area contributed by atoms with Gasteiger partial charge in [0.1, 0.15) is 0 Å². The maximum Gasteiger partial charge on any atom is 0.0251 e. The van der Waals surface area contributed by atoms with Crippen LogP contribution in [0.2, 0.25) is 0 Å². The zero-order valence-corrected chi connectivity index (χ0v) is 14.5. The Morgan fingerprint density at radius 3 is 2.10 bits per heavy atom. The van der Waals surface area contributed by atoms with Crippen molar-refractivity contribution in [2.45, 2.75) is 90.6 Å². The molecule has 0 heterocycles. The lowest BCUT2D eigenvalue weighted by Gasteiger charge is -2.43. The minimum atomic E-state index is 0.719. The van der Waals surface area contributed by atoms with Gasteiger partial charge < -0.3 is 5.32 Å². The molecule has 0 amide bonds. The van der Waals surface area contributed by atoms with E-state index in [0.717, 1.165) is 18.0 Å². The number of likely N-dealkylation sites (N-methyl/N-ethyl adjacent to an activating group) is 1. The Morgan fingerprint density at radius 1 is 0.950 bits per heavy atom. The van der Waals surface area contributed by atoms with Crippen molar-refractivity contribution in [3.63, 3.8) is 0 Å². The van der Waals surface area contributed by atoms with Crippen LogP contribution in [0, 0.1) is 5.92 Å². The first kappa shape index (κ1) is 18.0. The number of nitrogens with zero attached hydrogens (tertiary/aromatic N) is 1. The van der Waals surface area contributed by atoms with Crippen molar-refractivity contribution in [3.8, 4) is 0 Å². The van der Waals surface area contributed by atoms with Crippen molar-refractivity contribution in [2.24, 2.45) is 5.92 Å². The summed E-state index contributed by atoms with van der Waals surface area (Å²) in [5.41, 5.74) is 0. The van der Waals surface area contributed by atoms with E-state index >= 15 is 0 Å². The molecule has 0 aromatic rings. The molecular formula is C18H38N2. The fraction of sp³-hybridized carbons (Fsp3) is 1.00. The first-order chi connectivity index (χ1) is 9.76. The molecule has 0 radical (unpaired) electrons. The molecule has 0 aromatic carbocycles. The number of hydrogen-bond acceptors (Lipinski definition) is 2. The van der Waals surface area contributed by atoms with E-state index in [2.05, 4.69) is 38.0 Å². The zero-order chi connectivity index (χ0) is 14.8. The van der Waals surface area contributed by atoms with Crippen LogP contribution in [0.3, 0.4) is 0 Å². The average Bonchev–Trinajstić information content (AvgIpc) is 2.48. The maximum absolute atomic E-state index is 3.61. The molecular weight excluding hydrogens is 244 g/mol. The third kappa shape index (κ3) is 5.73. The Bertz CT molecular complexity index is 221. The van der Waals surface area contributed by atoms with Gasteiger partial charge in [-0.05, 0) is 58.2 Å². The molecule has 1 fully saturated rings. The highest BCUT2D eigenvalue weighted by Crippen LogP contribution is 2.31. The maximum atomic E-state index is 3.61. The summed E-state index contributed by atoms with van der Waals surface area (Å²) in [6.07, 6.45) is 12.4. The van der Waals surface area contributed by atoms with Crippen molar-refractivity contribution in [1.29, 1.82) is 0 Å². The Balaban J connectivity index is 2.64. The molecule has 0 saturated heterocycles. The van der Waals surface area contributed by atoms with Gasteiger partial charge in [0.05, 0.1) is 0 Å². The average molecular weight is 283 g/mol. The summed E-state index contributed by atoms with van der Waals surface area (Å²) in [6.45, 7) is 9.57. The van der Waals surface area contributed by atoms with Crippen LogP contribution in [0.1, 0.15) is 78.6 Å². The minimum absolute atomic E-state index is 0.719. The van der Waals surface area contributed by atoms with E-state index in [-0.39, 0.29) is 0 Å². The quantitative estimate of drug-likeness (QED) is 0.637. The van der Waals surface area contributed by atoms with Gasteiger partial charge in [-0.15, -0.1) is 0 Å². The first-order valence-electron chi connectivity index (χ1n) is 9.18. The lowest BCUT2D eigenvalue weighted by Crippen LogP contribution is -2.53. The third-order valence-corrected chi connectivity index (χ3v) is 5.06. The van der Waals surface area contributed by atoms with Gasteiger partial charge in [-0.3, -0.25) is 4.90 Å². The molecule has 1 saturated carbocycles. The smallest absolute Gasteiger partial charge is 0.0251 e. The van der Waals surface area contributed by atoms with Gasteiger partial charge in [0.2, 0.25) is 0 Å². The second-order valence-electron chi connectivity index (χ2n) is 6.67. The summed E-state index contributed by atoms with van der Waals surface area (Å²) in [6, 6.07) is 1.50. The number of nitrogens with one attached hydrogen (secondary N) is 1. The Hall–Kier alpha value is -0.0800. The monoisotopic (exact) mass is 282 g/mol. The molecule has 1 aliphatic carbocycles. The van der Waals surface area contributed by atoms with Crippen LogP contribution >= 0.6 is 0 Å². The summed E-state index contributed by atoms with van der Waals surface area (Å²) in [5.74, 6) is 0.973. The van der Waals surface area contributed by atoms with E-state index in [9.17, 15) is 0 Å². The second kappa shape index (κ2) is 10.6. The van der Waals surface area contributed by atoms with Crippen molar-refractivity contribution in [1.82, 2.24) is 10.2 Å². The summed E-state index contributed by atoms with van der Waals surface area (Å²) < 4.78 is 0. The van der Waals surface area contributed by atoms with Crippen LogP contribution in [0.5, 0.6) is 0 Å². The van der Waals surface area contributed by atoms with Crippen LogP contribution in [0.15, 0.2) is 0 Å². The fourth-order valence-corrected chi connectivity index (χ4v) is 3.81. The molecule has 3 atom stereocenters. The molecule has 2 nitrogen and oxygen atoms in total. The molecule has 1 rings (SSSR count). The van der Waals surface area contributed by atoms with E-state index in [0.29, 0.717) is 0 Å².